The van der Waals surface area contributed by atoms with E-state index in [0.717, 1.165) is 11.9 Å². The maximum Gasteiger partial charge on any atom is 0.0955 e. The number of unbranched alkanes of at least 4 members (excludes halogenated alkanes) is 1. The molecule has 17 heavy (non-hydrogen) atoms. The second kappa shape index (κ2) is 4.74. The SMILES string of the molecule is C=Cc1cc2c(ncn2C)c(C)c1CCCC. The van der Waals surface area contributed by atoms with E-state index in [9.17, 15) is 0 Å². The fourth-order valence-electron chi connectivity index (χ4n) is 2.36. The Morgan fingerprint density at radius 1 is 1.47 bits per heavy atom. The zero-order chi connectivity index (χ0) is 12.4. The molecule has 0 atom stereocenters. The Balaban J connectivity index is 2.64. The van der Waals surface area contributed by atoms with Crippen molar-refractivity contribution in [2.75, 3.05) is 0 Å². The predicted molar refractivity (Wildman–Crippen MR) is 74.2 cm³/mol. The second-order valence-electron chi connectivity index (χ2n) is 4.60. The van der Waals surface area contributed by atoms with Gasteiger partial charge in [-0.25, -0.2) is 4.98 Å². The average molecular weight is 228 g/mol. The summed E-state index contributed by atoms with van der Waals surface area (Å²) in [4.78, 5) is 4.49. The zero-order valence-corrected chi connectivity index (χ0v) is 11.0. The van der Waals surface area contributed by atoms with Gasteiger partial charge >= 0.3 is 0 Å². The van der Waals surface area contributed by atoms with Gasteiger partial charge in [0.05, 0.1) is 17.4 Å². The third kappa shape index (κ3) is 1.99. The van der Waals surface area contributed by atoms with Crippen LogP contribution in [-0.4, -0.2) is 9.55 Å². The van der Waals surface area contributed by atoms with E-state index in [1.54, 1.807) is 0 Å². The van der Waals surface area contributed by atoms with Crippen LogP contribution in [0.15, 0.2) is 19.0 Å². The van der Waals surface area contributed by atoms with Crippen molar-refractivity contribution in [2.45, 2.75) is 33.1 Å². The molecule has 1 aromatic heterocycles. The van der Waals surface area contributed by atoms with Gasteiger partial charge < -0.3 is 4.57 Å². The molecule has 1 aromatic carbocycles. The van der Waals surface area contributed by atoms with Gasteiger partial charge in [0.1, 0.15) is 0 Å². The van der Waals surface area contributed by atoms with Crippen molar-refractivity contribution < 1.29 is 0 Å². The Kier molecular flexibility index (Phi) is 3.32. The maximum absolute atomic E-state index is 4.49. The van der Waals surface area contributed by atoms with Crippen LogP contribution in [-0.2, 0) is 13.5 Å². The molecule has 0 spiro atoms. The molecule has 0 saturated heterocycles. The molecule has 0 radical (unpaired) electrons. The van der Waals surface area contributed by atoms with Crippen molar-refractivity contribution in [3.8, 4) is 0 Å². The summed E-state index contributed by atoms with van der Waals surface area (Å²) in [5.74, 6) is 0. The molecular weight excluding hydrogens is 208 g/mol. The Hall–Kier alpha value is -1.57. The van der Waals surface area contributed by atoms with Crippen LogP contribution in [0.2, 0.25) is 0 Å². The van der Waals surface area contributed by atoms with E-state index >= 15 is 0 Å². The molecule has 2 aromatic rings. The highest BCUT2D eigenvalue weighted by atomic mass is 15.0. The number of benzene rings is 1. The topological polar surface area (TPSA) is 17.8 Å². The molecule has 2 rings (SSSR count). The van der Waals surface area contributed by atoms with Crippen molar-refractivity contribution >= 4 is 17.1 Å². The van der Waals surface area contributed by atoms with Gasteiger partial charge in [0, 0.05) is 7.05 Å². The van der Waals surface area contributed by atoms with Gasteiger partial charge in [0.15, 0.2) is 0 Å². The highest BCUT2D eigenvalue weighted by molar-refractivity contribution is 5.83. The van der Waals surface area contributed by atoms with Gasteiger partial charge in [0.25, 0.3) is 0 Å². The number of hydrogen-bond donors (Lipinski definition) is 0. The molecule has 90 valence electrons. The smallest absolute Gasteiger partial charge is 0.0955 e. The molecule has 0 saturated carbocycles. The minimum atomic E-state index is 1.12. The number of aryl methyl sites for hydroxylation is 2. The largest absolute Gasteiger partial charge is 0.334 e. The molecule has 0 aliphatic carbocycles. The minimum Gasteiger partial charge on any atom is -0.334 e. The number of imidazole rings is 1. The molecule has 2 nitrogen and oxygen atoms in total. The molecule has 2 heteroatoms. The Morgan fingerprint density at radius 3 is 2.88 bits per heavy atom. The number of hydrogen-bond acceptors (Lipinski definition) is 1. The normalized spacial score (nSPS) is 11.0. The van der Waals surface area contributed by atoms with Crippen LogP contribution in [0.25, 0.3) is 17.1 Å². The van der Waals surface area contributed by atoms with E-state index in [4.69, 9.17) is 0 Å². The summed E-state index contributed by atoms with van der Waals surface area (Å²) in [6.07, 6.45) is 7.41. The van der Waals surface area contributed by atoms with Crippen LogP contribution in [0.4, 0.5) is 0 Å². The minimum absolute atomic E-state index is 1.12. The lowest BCUT2D eigenvalue weighted by molar-refractivity contribution is 0.791. The quantitative estimate of drug-likeness (QED) is 0.776. The van der Waals surface area contributed by atoms with Gasteiger partial charge in [0.2, 0.25) is 0 Å². The van der Waals surface area contributed by atoms with Crippen LogP contribution in [0, 0.1) is 6.92 Å². The standard InChI is InChI=1S/C15H20N2/c1-5-7-8-13-11(3)15-14(9-12(13)6-2)17(4)10-16-15/h6,9-10H,2,5,7-8H2,1,3-4H3. The highest BCUT2D eigenvalue weighted by Gasteiger charge is 2.11. The summed E-state index contributed by atoms with van der Waals surface area (Å²) in [6, 6.07) is 2.20. The molecule has 0 amide bonds. The summed E-state index contributed by atoms with van der Waals surface area (Å²) < 4.78 is 2.07. The van der Waals surface area contributed by atoms with Crippen molar-refractivity contribution in [1.82, 2.24) is 9.55 Å². The molecular formula is C15H20N2. The van der Waals surface area contributed by atoms with Crippen molar-refractivity contribution in [3.63, 3.8) is 0 Å². The van der Waals surface area contributed by atoms with Crippen LogP contribution in [0.3, 0.4) is 0 Å². The maximum atomic E-state index is 4.49. The lowest BCUT2D eigenvalue weighted by atomic mass is 9.95. The first kappa shape index (κ1) is 11.9. The van der Waals surface area contributed by atoms with Crippen LogP contribution in [0.1, 0.15) is 36.5 Å². The van der Waals surface area contributed by atoms with Gasteiger partial charge in [-0.3, -0.25) is 0 Å². The molecule has 0 unspecified atom stereocenters. The summed E-state index contributed by atoms with van der Waals surface area (Å²) >= 11 is 0. The monoisotopic (exact) mass is 228 g/mol. The van der Waals surface area contributed by atoms with Gasteiger partial charge in [-0.2, -0.15) is 0 Å². The molecule has 0 aliphatic rings. The first-order chi connectivity index (χ1) is 8.19. The number of aromatic nitrogens is 2. The van der Waals surface area contributed by atoms with E-state index in [1.807, 2.05) is 19.5 Å². The lowest BCUT2D eigenvalue weighted by Gasteiger charge is -2.11. The number of nitrogens with zero attached hydrogens (tertiary/aromatic N) is 2. The van der Waals surface area contributed by atoms with Gasteiger partial charge in [-0.05, 0) is 42.5 Å². The van der Waals surface area contributed by atoms with Crippen molar-refractivity contribution in [1.29, 1.82) is 0 Å². The highest BCUT2D eigenvalue weighted by Crippen LogP contribution is 2.26. The number of fused-ring (bicyclic) bond motifs is 1. The molecule has 0 bridgehead atoms. The Morgan fingerprint density at radius 2 is 2.24 bits per heavy atom. The van der Waals surface area contributed by atoms with E-state index in [1.165, 1.54) is 35.0 Å². The Bertz CT molecular complexity index is 550. The van der Waals surface area contributed by atoms with E-state index in [0.29, 0.717) is 0 Å². The lowest BCUT2D eigenvalue weighted by Crippen LogP contribution is -1.96. The first-order valence-corrected chi connectivity index (χ1v) is 6.25. The molecule has 0 fully saturated rings. The molecule has 0 aliphatic heterocycles. The molecule has 1 heterocycles. The summed E-state index contributed by atoms with van der Waals surface area (Å²) in [5, 5.41) is 0. The summed E-state index contributed by atoms with van der Waals surface area (Å²) in [5.41, 5.74) is 6.30. The average Bonchev–Trinajstić information content (AvgIpc) is 2.70. The third-order valence-electron chi connectivity index (χ3n) is 3.43. The summed E-state index contributed by atoms with van der Waals surface area (Å²) in [7, 11) is 2.04. The van der Waals surface area contributed by atoms with E-state index < -0.39 is 0 Å². The summed E-state index contributed by atoms with van der Waals surface area (Å²) in [6.45, 7) is 8.33. The number of rotatable bonds is 4. The van der Waals surface area contributed by atoms with Crippen LogP contribution < -0.4 is 0 Å². The van der Waals surface area contributed by atoms with E-state index in [-0.39, 0.29) is 0 Å². The molecule has 0 N–H and O–H groups in total. The first-order valence-electron chi connectivity index (χ1n) is 6.25. The van der Waals surface area contributed by atoms with Crippen LogP contribution in [0.5, 0.6) is 0 Å². The van der Waals surface area contributed by atoms with Crippen molar-refractivity contribution in [3.05, 3.63) is 35.7 Å². The third-order valence-corrected chi connectivity index (χ3v) is 3.43. The fourth-order valence-corrected chi connectivity index (χ4v) is 2.36. The van der Waals surface area contributed by atoms with Crippen LogP contribution >= 0.6 is 0 Å². The van der Waals surface area contributed by atoms with Crippen molar-refractivity contribution in [2.24, 2.45) is 7.05 Å². The van der Waals surface area contributed by atoms with E-state index in [2.05, 4.69) is 36.0 Å². The van der Waals surface area contributed by atoms with Gasteiger partial charge in [-0.1, -0.05) is 26.0 Å². The predicted octanol–water partition coefficient (Wildman–Crippen LogP) is 3.87. The fraction of sp³-hybridized carbons (Fsp3) is 0.400. The Labute approximate surface area is 103 Å². The second-order valence-corrected chi connectivity index (χ2v) is 4.60. The zero-order valence-electron chi connectivity index (χ0n) is 11.0. The van der Waals surface area contributed by atoms with Gasteiger partial charge in [-0.15, -0.1) is 0 Å².